The Morgan fingerprint density at radius 3 is 2.19 bits per heavy atom. The van der Waals surface area contributed by atoms with Crippen LogP contribution < -0.4 is 0 Å². The Hall–Kier alpha value is -2.22. The van der Waals surface area contributed by atoms with E-state index in [2.05, 4.69) is 13.8 Å². The Morgan fingerprint density at radius 1 is 1.00 bits per heavy atom. The third-order valence-electron chi connectivity index (χ3n) is 3.23. The highest BCUT2D eigenvalue weighted by Crippen LogP contribution is 2.22. The predicted octanol–water partition coefficient (Wildman–Crippen LogP) is 5.14. The first-order valence-corrected chi connectivity index (χ1v) is 7.14. The van der Waals surface area contributed by atoms with Crippen molar-refractivity contribution in [2.75, 3.05) is 0 Å². The van der Waals surface area contributed by atoms with Crippen molar-refractivity contribution in [1.29, 1.82) is 0 Å². The highest BCUT2D eigenvalue weighted by atomic mass is 19.1. The number of Topliss-reactive ketones (excluding diaryl/α,β-unsaturated/α-hetero) is 1. The van der Waals surface area contributed by atoms with Gasteiger partial charge in [-0.3, -0.25) is 4.79 Å². The summed E-state index contributed by atoms with van der Waals surface area (Å²) in [7, 11) is 0. The average molecular weight is 282 g/mol. The molecule has 0 unspecified atom stereocenters. The van der Waals surface area contributed by atoms with Gasteiger partial charge in [0.05, 0.1) is 0 Å². The lowest BCUT2D eigenvalue weighted by Crippen LogP contribution is -2.03. The molecule has 2 heteroatoms. The Balaban J connectivity index is 2.39. The van der Waals surface area contributed by atoms with Gasteiger partial charge in [-0.25, -0.2) is 4.39 Å². The van der Waals surface area contributed by atoms with Crippen LogP contribution in [0, 0.1) is 11.7 Å². The number of halogens is 1. The molecule has 0 aliphatic carbocycles. The van der Waals surface area contributed by atoms with Gasteiger partial charge in [-0.05, 0) is 30.0 Å². The summed E-state index contributed by atoms with van der Waals surface area (Å²) >= 11 is 0. The molecule has 0 aliphatic rings. The molecule has 0 radical (unpaired) electrons. The monoisotopic (exact) mass is 282 g/mol. The van der Waals surface area contributed by atoms with Crippen LogP contribution in [0.1, 0.15) is 36.2 Å². The molecule has 2 aromatic rings. The summed E-state index contributed by atoms with van der Waals surface area (Å²) in [5.74, 6) is 0.140. The topological polar surface area (TPSA) is 17.1 Å². The molecule has 1 nitrogen and oxygen atoms in total. The van der Waals surface area contributed by atoms with Gasteiger partial charge in [-0.1, -0.05) is 62.4 Å². The van der Waals surface area contributed by atoms with E-state index in [1.165, 1.54) is 12.1 Å². The average Bonchev–Trinajstić information content (AvgIpc) is 2.49. The van der Waals surface area contributed by atoms with E-state index in [0.717, 1.165) is 12.0 Å². The van der Waals surface area contributed by atoms with Gasteiger partial charge in [0.2, 0.25) is 0 Å². The first-order valence-electron chi connectivity index (χ1n) is 7.14. The molecule has 0 saturated heterocycles. The third kappa shape index (κ3) is 4.12. The molecule has 0 atom stereocenters. The number of ketones is 1. The van der Waals surface area contributed by atoms with E-state index < -0.39 is 0 Å². The summed E-state index contributed by atoms with van der Waals surface area (Å²) < 4.78 is 13.1. The maximum atomic E-state index is 13.1. The van der Waals surface area contributed by atoms with Crippen LogP contribution in [0.15, 0.2) is 60.7 Å². The fraction of sp³-hybridized carbons (Fsp3) is 0.211. The van der Waals surface area contributed by atoms with E-state index in [1.54, 1.807) is 24.3 Å². The fourth-order valence-corrected chi connectivity index (χ4v) is 2.07. The van der Waals surface area contributed by atoms with Gasteiger partial charge in [-0.2, -0.15) is 0 Å². The molecule has 2 aromatic carbocycles. The lowest BCUT2D eigenvalue weighted by Gasteiger charge is -2.09. The highest BCUT2D eigenvalue weighted by molar-refractivity contribution is 6.28. The van der Waals surface area contributed by atoms with Crippen molar-refractivity contribution >= 4 is 11.4 Å². The van der Waals surface area contributed by atoms with Crippen molar-refractivity contribution in [3.63, 3.8) is 0 Å². The normalized spacial score (nSPS) is 11.7. The highest BCUT2D eigenvalue weighted by Gasteiger charge is 2.14. The molecule has 0 spiro atoms. The van der Waals surface area contributed by atoms with Crippen LogP contribution in [0.3, 0.4) is 0 Å². The van der Waals surface area contributed by atoms with Crippen LogP contribution in [0.2, 0.25) is 0 Å². The van der Waals surface area contributed by atoms with E-state index in [1.807, 2.05) is 24.3 Å². The van der Waals surface area contributed by atoms with Crippen molar-refractivity contribution in [2.24, 2.45) is 5.92 Å². The van der Waals surface area contributed by atoms with Gasteiger partial charge in [0, 0.05) is 11.1 Å². The van der Waals surface area contributed by atoms with Crippen LogP contribution in [0.4, 0.5) is 4.39 Å². The minimum absolute atomic E-state index is 0.0251. The Bertz CT molecular complexity index is 624. The molecule has 0 fully saturated rings. The summed E-state index contributed by atoms with van der Waals surface area (Å²) in [6.45, 7) is 4.21. The number of carbonyl (C=O) groups is 1. The molecule has 0 heterocycles. The van der Waals surface area contributed by atoms with Crippen LogP contribution in [0.5, 0.6) is 0 Å². The quantitative estimate of drug-likeness (QED) is 0.548. The van der Waals surface area contributed by atoms with Crippen molar-refractivity contribution in [3.05, 3.63) is 77.6 Å². The zero-order valence-electron chi connectivity index (χ0n) is 12.3. The summed E-state index contributed by atoms with van der Waals surface area (Å²) in [6.07, 6.45) is 2.76. The molecule has 0 amide bonds. The molecule has 0 N–H and O–H groups in total. The first kappa shape index (κ1) is 15.2. The molecule has 2 rings (SSSR count). The number of rotatable bonds is 5. The van der Waals surface area contributed by atoms with Crippen molar-refractivity contribution < 1.29 is 9.18 Å². The molecule has 0 aromatic heterocycles. The second kappa shape index (κ2) is 6.98. The van der Waals surface area contributed by atoms with E-state index in [4.69, 9.17) is 0 Å². The van der Waals surface area contributed by atoms with Gasteiger partial charge in [0.1, 0.15) is 5.82 Å². The third-order valence-corrected chi connectivity index (χ3v) is 3.23. The lowest BCUT2D eigenvalue weighted by atomic mass is 9.94. The molecule has 21 heavy (non-hydrogen) atoms. The smallest absolute Gasteiger partial charge is 0.193 e. The number of hydrogen-bond donors (Lipinski definition) is 0. The van der Waals surface area contributed by atoms with Gasteiger partial charge in [0.15, 0.2) is 5.78 Å². The second-order valence-electron chi connectivity index (χ2n) is 5.45. The zero-order valence-corrected chi connectivity index (χ0v) is 12.3. The van der Waals surface area contributed by atoms with Crippen LogP contribution in [-0.2, 0) is 0 Å². The maximum absolute atomic E-state index is 13.1. The van der Waals surface area contributed by atoms with E-state index >= 15 is 0 Å². The van der Waals surface area contributed by atoms with Crippen LogP contribution in [-0.4, -0.2) is 5.78 Å². The van der Waals surface area contributed by atoms with Crippen molar-refractivity contribution in [2.45, 2.75) is 20.3 Å². The molecule has 0 bridgehead atoms. The second-order valence-corrected chi connectivity index (χ2v) is 5.45. The summed E-state index contributed by atoms with van der Waals surface area (Å²) in [5.41, 5.74) is 2.04. The SMILES string of the molecule is CC(C)C/C=C(/C(=O)c1ccccc1)c1ccc(F)cc1. The minimum Gasteiger partial charge on any atom is -0.289 e. The Kier molecular flexibility index (Phi) is 5.04. The minimum atomic E-state index is -0.297. The van der Waals surface area contributed by atoms with Crippen LogP contribution >= 0.6 is 0 Å². The van der Waals surface area contributed by atoms with E-state index in [-0.39, 0.29) is 11.6 Å². The van der Waals surface area contributed by atoms with Gasteiger partial charge < -0.3 is 0 Å². The number of hydrogen-bond acceptors (Lipinski definition) is 1. The van der Waals surface area contributed by atoms with Crippen LogP contribution in [0.25, 0.3) is 5.57 Å². The largest absolute Gasteiger partial charge is 0.289 e. The molecule has 0 saturated carbocycles. The Labute approximate surface area is 125 Å². The van der Waals surface area contributed by atoms with Gasteiger partial charge in [0.25, 0.3) is 0 Å². The lowest BCUT2D eigenvalue weighted by molar-refractivity contribution is 0.105. The summed E-state index contributed by atoms with van der Waals surface area (Å²) in [4.78, 5) is 12.7. The number of allylic oxidation sites excluding steroid dienone is 2. The zero-order chi connectivity index (χ0) is 15.2. The first-order chi connectivity index (χ1) is 10.1. The summed E-state index contributed by atoms with van der Waals surface area (Å²) in [6, 6.07) is 15.3. The maximum Gasteiger partial charge on any atom is 0.193 e. The fourth-order valence-electron chi connectivity index (χ4n) is 2.07. The van der Waals surface area contributed by atoms with E-state index in [9.17, 15) is 9.18 Å². The molecule has 0 aliphatic heterocycles. The number of carbonyl (C=O) groups excluding carboxylic acids is 1. The van der Waals surface area contributed by atoms with Gasteiger partial charge in [-0.15, -0.1) is 0 Å². The predicted molar refractivity (Wildman–Crippen MR) is 84.6 cm³/mol. The standard InChI is InChI=1S/C19H19FO/c1-14(2)8-13-18(15-9-11-17(20)12-10-15)19(21)16-6-4-3-5-7-16/h3-7,9-14H,8H2,1-2H3/b18-13+. The Morgan fingerprint density at radius 2 is 1.62 bits per heavy atom. The van der Waals surface area contributed by atoms with Gasteiger partial charge >= 0.3 is 0 Å². The summed E-state index contributed by atoms with van der Waals surface area (Å²) in [5, 5.41) is 0. The van der Waals surface area contributed by atoms with E-state index in [0.29, 0.717) is 17.1 Å². The molecular formula is C19H19FO. The number of benzene rings is 2. The molecule has 108 valence electrons. The van der Waals surface area contributed by atoms with Crippen molar-refractivity contribution in [1.82, 2.24) is 0 Å². The molecular weight excluding hydrogens is 263 g/mol. The van der Waals surface area contributed by atoms with Crippen molar-refractivity contribution in [3.8, 4) is 0 Å².